The maximum absolute atomic E-state index is 4.25. The topological polar surface area (TPSA) is 39.7 Å². The third-order valence-electron chi connectivity index (χ3n) is 3.67. The number of hydrogen-bond acceptors (Lipinski definition) is 2. The summed E-state index contributed by atoms with van der Waals surface area (Å²) in [7, 11) is 1.81. The van der Waals surface area contributed by atoms with E-state index in [1.165, 1.54) is 11.3 Å². The number of aliphatic imine (C=N–C) groups is 1. The molecule has 0 saturated heterocycles. The summed E-state index contributed by atoms with van der Waals surface area (Å²) in [5.74, 6) is 0.874. The van der Waals surface area contributed by atoms with Gasteiger partial charge in [0.1, 0.15) is 0 Å². The molecule has 0 bridgehead atoms. The van der Waals surface area contributed by atoms with Gasteiger partial charge in [-0.1, -0.05) is 18.2 Å². The quantitative estimate of drug-likeness (QED) is 0.462. The summed E-state index contributed by atoms with van der Waals surface area (Å²) >= 11 is 0. The van der Waals surface area contributed by atoms with E-state index in [0.717, 1.165) is 25.5 Å². The van der Waals surface area contributed by atoms with E-state index < -0.39 is 0 Å². The largest absolute Gasteiger partial charge is 0.366 e. The Kier molecular flexibility index (Phi) is 7.28. The molecule has 2 N–H and O–H groups in total. The highest BCUT2D eigenvalue weighted by molar-refractivity contribution is 14.0. The number of benzene rings is 1. The first kappa shape index (κ1) is 18.1. The third kappa shape index (κ3) is 4.76. The summed E-state index contributed by atoms with van der Waals surface area (Å²) in [5, 5.41) is 6.72. The molecule has 2 rings (SSSR count). The van der Waals surface area contributed by atoms with Gasteiger partial charge in [-0.15, -0.1) is 24.0 Å². The number of anilines is 1. The predicted molar refractivity (Wildman–Crippen MR) is 102 cm³/mol. The standard InChI is InChI=1S/C16H26N4.HI/c1-12(2)19-16(17-4)18-11-13(3)20-10-9-14-7-5-6-8-15(14)20;/h5-8,12-13H,9-11H2,1-4H3,(H2,17,18,19);1H. The van der Waals surface area contributed by atoms with E-state index in [1.807, 2.05) is 7.05 Å². The van der Waals surface area contributed by atoms with Crippen LogP contribution in [0.5, 0.6) is 0 Å². The van der Waals surface area contributed by atoms with Crippen molar-refractivity contribution in [3.8, 4) is 0 Å². The Morgan fingerprint density at radius 1 is 1.29 bits per heavy atom. The van der Waals surface area contributed by atoms with Crippen LogP contribution in [0.25, 0.3) is 0 Å². The Balaban J connectivity index is 0.00000220. The monoisotopic (exact) mass is 402 g/mol. The minimum atomic E-state index is 0. The number of halogens is 1. The molecule has 0 radical (unpaired) electrons. The van der Waals surface area contributed by atoms with Gasteiger partial charge in [0.25, 0.3) is 0 Å². The van der Waals surface area contributed by atoms with Gasteiger partial charge >= 0.3 is 0 Å². The van der Waals surface area contributed by atoms with Crippen molar-refractivity contribution in [3.63, 3.8) is 0 Å². The predicted octanol–water partition coefficient (Wildman–Crippen LogP) is 2.63. The molecule has 1 aromatic rings. The van der Waals surface area contributed by atoms with E-state index in [2.05, 4.69) is 65.6 Å². The molecule has 1 aliphatic rings. The number of nitrogens with one attached hydrogen (secondary N) is 2. The molecular formula is C16H27IN4. The second-order valence-corrected chi connectivity index (χ2v) is 5.67. The Labute approximate surface area is 145 Å². The summed E-state index contributed by atoms with van der Waals surface area (Å²) in [4.78, 5) is 6.72. The van der Waals surface area contributed by atoms with Gasteiger partial charge in [-0.05, 0) is 38.8 Å². The number of rotatable bonds is 4. The fourth-order valence-electron chi connectivity index (χ4n) is 2.64. The van der Waals surface area contributed by atoms with Crippen LogP contribution in [0.2, 0.25) is 0 Å². The number of fused-ring (bicyclic) bond motifs is 1. The molecule has 1 heterocycles. The molecule has 21 heavy (non-hydrogen) atoms. The van der Waals surface area contributed by atoms with E-state index in [4.69, 9.17) is 0 Å². The van der Waals surface area contributed by atoms with Crippen LogP contribution in [-0.4, -0.2) is 38.2 Å². The van der Waals surface area contributed by atoms with Gasteiger partial charge in [0.2, 0.25) is 0 Å². The first-order chi connectivity index (χ1) is 9.61. The minimum Gasteiger partial charge on any atom is -0.366 e. The first-order valence-corrected chi connectivity index (χ1v) is 7.43. The molecule has 1 aliphatic heterocycles. The van der Waals surface area contributed by atoms with Gasteiger partial charge in [0.15, 0.2) is 5.96 Å². The maximum Gasteiger partial charge on any atom is 0.191 e. The average molecular weight is 402 g/mol. The molecular weight excluding hydrogens is 375 g/mol. The molecule has 118 valence electrons. The Morgan fingerprint density at radius 2 is 2.00 bits per heavy atom. The smallest absolute Gasteiger partial charge is 0.191 e. The van der Waals surface area contributed by atoms with Crippen molar-refractivity contribution in [1.82, 2.24) is 10.6 Å². The summed E-state index contributed by atoms with van der Waals surface area (Å²) in [5.41, 5.74) is 2.85. The second-order valence-electron chi connectivity index (χ2n) is 5.67. The molecule has 5 heteroatoms. The van der Waals surface area contributed by atoms with Crippen LogP contribution >= 0.6 is 24.0 Å². The molecule has 1 atom stereocenters. The normalized spacial score (nSPS) is 15.5. The van der Waals surface area contributed by atoms with E-state index in [1.54, 1.807) is 0 Å². The molecule has 0 spiro atoms. The number of guanidine groups is 1. The van der Waals surface area contributed by atoms with Gasteiger partial charge in [-0.25, -0.2) is 0 Å². The fourth-order valence-corrected chi connectivity index (χ4v) is 2.64. The summed E-state index contributed by atoms with van der Waals surface area (Å²) in [6.07, 6.45) is 1.15. The van der Waals surface area contributed by atoms with Crippen molar-refractivity contribution in [3.05, 3.63) is 29.8 Å². The Bertz CT molecular complexity index is 473. The highest BCUT2D eigenvalue weighted by Gasteiger charge is 2.22. The molecule has 1 unspecified atom stereocenters. The molecule has 1 aromatic carbocycles. The zero-order valence-electron chi connectivity index (χ0n) is 13.4. The molecule has 0 amide bonds. The average Bonchev–Trinajstić information content (AvgIpc) is 2.86. The third-order valence-corrected chi connectivity index (χ3v) is 3.67. The highest BCUT2D eigenvalue weighted by atomic mass is 127. The van der Waals surface area contributed by atoms with Crippen molar-refractivity contribution in [2.45, 2.75) is 39.3 Å². The molecule has 0 saturated carbocycles. The SMILES string of the molecule is CN=C(NCC(C)N1CCc2ccccc21)NC(C)C.I. The molecule has 0 fully saturated rings. The number of para-hydroxylation sites is 1. The van der Waals surface area contributed by atoms with Crippen LogP contribution in [0.4, 0.5) is 5.69 Å². The minimum absolute atomic E-state index is 0. The van der Waals surface area contributed by atoms with Crippen molar-refractivity contribution in [2.24, 2.45) is 4.99 Å². The number of nitrogens with zero attached hydrogens (tertiary/aromatic N) is 2. The van der Waals surface area contributed by atoms with Crippen LogP contribution in [0.15, 0.2) is 29.3 Å². The summed E-state index contributed by atoms with van der Waals surface area (Å²) < 4.78 is 0. The maximum atomic E-state index is 4.25. The lowest BCUT2D eigenvalue weighted by Crippen LogP contribution is -2.47. The van der Waals surface area contributed by atoms with Gasteiger partial charge in [-0.3, -0.25) is 4.99 Å². The van der Waals surface area contributed by atoms with E-state index in [-0.39, 0.29) is 24.0 Å². The van der Waals surface area contributed by atoms with Crippen LogP contribution in [0, 0.1) is 0 Å². The highest BCUT2D eigenvalue weighted by Crippen LogP contribution is 2.28. The van der Waals surface area contributed by atoms with Crippen molar-refractivity contribution >= 4 is 35.6 Å². The Hall–Kier alpha value is -0.980. The molecule has 0 aromatic heterocycles. The van der Waals surface area contributed by atoms with E-state index >= 15 is 0 Å². The fraction of sp³-hybridized carbons (Fsp3) is 0.562. The first-order valence-electron chi connectivity index (χ1n) is 7.43. The van der Waals surface area contributed by atoms with Crippen LogP contribution in [0.1, 0.15) is 26.3 Å². The van der Waals surface area contributed by atoms with Gasteiger partial charge < -0.3 is 15.5 Å². The lowest BCUT2D eigenvalue weighted by molar-refractivity contribution is 0.616. The van der Waals surface area contributed by atoms with Gasteiger partial charge in [0, 0.05) is 37.9 Å². The van der Waals surface area contributed by atoms with Crippen LogP contribution < -0.4 is 15.5 Å². The zero-order valence-corrected chi connectivity index (χ0v) is 15.7. The van der Waals surface area contributed by atoms with Gasteiger partial charge in [0.05, 0.1) is 0 Å². The van der Waals surface area contributed by atoms with Crippen molar-refractivity contribution < 1.29 is 0 Å². The second kappa shape index (κ2) is 8.46. The van der Waals surface area contributed by atoms with Gasteiger partial charge in [-0.2, -0.15) is 0 Å². The van der Waals surface area contributed by atoms with Crippen molar-refractivity contribution in [2.75, 3.05) is 25.0 Å². The molecule has 0 aliphatic carbocycles. The Morgan fingerprint density at radius 3 is 2.67 bits per heavy atom. The molecule has 4 nitrogen and oxygen atoms in total. The number of hydrogen-bond donors (Lipinski definition) is 2. The summed E-state index contributed by atoms with van der Waals surface area (Å²) in [6.45, 7) is 8.50. The van der Waals surface area contributed by atoms with E-state index in [0.29, 0.717) is 12.1 Å². The van der Waals surface area contributed by atoms with Crippen LogP contribution in [-0.2, 0) is 6.42 Å². The lowest BCUT2D eigenvalue weighted by Gasteiger charge is -2.28. The van der Waals surface area contributed by atoms with Crippen LogP contribution in [0.3, 0.4) is 0 Å². The van der Waals surface area contributed by atoms with Crippen molar-refractivity contribution in [1.29, 1.82) is 0 Å². The van der Waals surface area contributed by atoms with E-state index in [9.17, 15) is 0 Å². The lowest BCUT2D eigenvalue weighted by atomic mass is 10.2. The zero-order chi connectivity index (χ0) is 14.5. The summed E-state index contributed by atoms with van der Waals surface area (Å²) in [6, 6.07) is 9.54.